The summed E-state index contributed by atoms with van der Waals surface area (Å²) in [5.41, 5.74) is 6.44. The summed E-state index contributed by atoms with van der Waals surface area (Å²) in [5.74, 6) is -1.07. The van der Waals surface area contributed by atoms with Crippen LogP contribution in [0.3, 0.4) is 0 Å². The minimum Gasteiger partial charge on any atom is -0.399 e. The van der Waals surface area contributed by atoms with Gasteiger partial charge in [0.05, 0.1) is 11.4 Å². The van der Waals surface area contributed by atoms with Crippen molar-refractivity contribution >= 4 is 29.0 Å². The van der Waals surface area contributed by atoms with Crippen molar-refractivity contribution in [1.29, 1.82) is 0 Å². The Morgan fingerprint density at radius 3 is 2.29 bits per heavy atom. The minimum atomic E-state index is -0.739. The molecule has 3 N–H and O–H groups in total. The lowest BCUT2D eigenvalue weighted by Crippen LogP contribution is -2.38. The van der Waals surface area contributed by atoms with Crippen molar-refractivity contribution in [2.45, 2.75) is 6.92 Å². The molecule has 5 nitrogen and oxygen atoms in total. The molecule has 0 aliphatic carbocycles. The Morgan fingerprint density at radius 2 is 1.71 bits per heavy atom. The molecule has 0 aromatic heterocycles. The van der Waals surface area contributed by atoms with Crippen LogP contribution in [0, 0.1) is 5.82 Å². The summed E-state index contributed by atoms with van der Waals surface area (Å²) in [5, 5.41) is 2.36. The van der Waals surface area contributed by atoms with Gasteiger partial charge in [-0.1, -0.05) is 12.1 Å². The molecule has 6 heteroatoms. The Balaban J connectivity index is 2.26. The number of hydrogen-bond acceptors (Lipinski definition) is 3. The highest BCUT2D eigenvalue weighted by Crippen LogP contribution is 2.19. The predicted molar refractivity (Wildman–Crippen MR) is 79.4 cm³/mol. The van der Waals surface area contributed by atoms with Gasteiger partial charge in [0.25, 0.3) is 0 Å². The molecule has 2 aromatic carbocycles. The van der Waals surface area contributed by atoms with E-state index in [1.807, 2.05) is 0 Å². The van der Waals surface area contributed by atoms with Crippen molar-refractivity contribution in [3.8, 4) is 0 Å². The zero-order valence-corrected chi connectivity index (χ0v) is 11.3. The van der Waals surface area contributed by atoms with E-state index in [1.54, 1.807) is 18.2 Å². The van der Waals surface area contributed by atoms with Crippen LogP contribution in [0.2, 0.25) is 0 Å². The number of amides is 3. The van der Waals surface area contributed by atoms with Crippen LogP contribution >= 0.6 is 0 Å². The largest absolute Gasteiger partial charge is 0.399 e. The number of benzene rings is 2. The van der Waals surface area contributed by atoms with Crippen molar-refractivity contribution in [2.75, 3.05) is 16.0 Å². The van der Waals surface area contributed by atoms with E-state index < -0.39 is 17.8 Å². The normalized spacial score (nSPS) is 10.0. The highest BCUT2D eigenvalue weighted by Gasteiger charge is 2.21. The standard InChI is InChI=1S/C15H14FN3O2/c1-10(20)19(12-8-6-11(17)7-9-12)15(21)18-14-5-3-2-4-13(14)16/h2-9H,17H2,1H3,(H,18,21). The van der Waals surface area contributed by atoms with E-state index in [0.29, 0.717) is 11.4 Å². The van der Waals surface area contributed by atoms with Gasteiger partial charge in [-0.2, -0.15) is 0 Å². The van der Waals surface area contributed by atoms with Crippen LogP contribution in [0.4, 0.5) is 26.2 Å². The number of rotatable bonds is 2. The Kier molecular flexibility index (Phi) is 4.18. The molecule has 0 fully saturated rings. The van der Waals surface area contributed by atoms with Gasteiger partial charge in [0.2, 0.25) is 5.91 Å². The average molecular weight is 287 g/mol. The molecule has 0 bridgehead atoms. The summed E-state index contributed by atoms with van der Waals surface area (Å²) in [7, 11) is 0. The second kappa shape index (κ2) is 6.04. The fourth-order valence-electron chi connectivity index (χ4n) is 1.80. The third-order valence-corrected chi connectivity index (χ3v) is 2.78. The van der Waals surface area contributed by atoms with E-state index in [2.05, 4.69) is 5.32 Å². The van der Waals surface area contributed by atoms with Gasteiger partial charge in [0, 0.05) is 12.6 Å². The van der Waals surface area contributed by atoms with Crippen LogP contribution < -0.4 is 16.0 Å². The van der Waals surface area contributed by atoms with E-state index in [0.717, 1.165) is 4.90 Å². The van der Waals surface area contributed by atoms with Crippen molar-refractivity contribution in [1.82, 2.24) is 0 Å². The number of nitrogens with one attached hydrogen (secondary N) is 1. The second-order valence-corrected chi connectivity index (χ2v) is 4.36. The first-order valence-electron chi connectivity index (χ1n) is 6.21. The summed E-state index contributed by atoms with van der Waals surface area (Å²) in [4.78, 5) is 24.8. The lowest BCUT2D eigenvalue weighted by Gasteiger charge is -2.20. The highest BCUT2D eigenvalue weighted by molar-refractivity contribution is 6.17. The fourth-order valence-corrected chi connectivity index (χ4v) is 1.80. The van der Waals surface area contributed by atoms with Gasteiger partial charge >= 0.3 is 6.03 Å². The summed E-state index contributed by atoms with van der Waals surface area (Å²) in [6, 6.07) is 11.2. The molecular formula is C15H14FN3O2. The van der Waals surface area contributed by atoms with E-state index in [9.17, 15) is 14.0 Å². The van der Waals surface area contributed by atoms with Crippen molar-refractivity contribution in [2.24, 2.45) is 0 Å². The van der Waals surface area contributed by atoms with E-state index in [4.69, 9.17) is 5.73 Å². The molecule has 3 amide bonds. The molecule has 0 saturated heterocycles. The maximum absolute atomic E-state index is 13.5. The molecule has 2 rings (SSSR count). The van der Waals surface area contributed by atoms with Gasteiger partial charge in [-0.05, 0) is 36.4 Å². The third kappa shape index (κ3) is 3.36. The van der Waals surface area contributed by atoms with Crippen LogP contribution in [0.1, 0.15) is 6.92 Å². The molecule has 108 valence electrons. The van der Waals surface area contributed by atoms with E-state index in [-0.39, 0.29) is 5.69 Å². The quantitative estimate of drug-likeness (QED) is 0.834. The zero-order chi connectivity index (χ0) is 15.4. The van der Waals surface area contributed by atoms with Gasteiger partial charge in [-0.25, -0.2) is 14.1 Å². The topological polar surface area (TPSA) is 75.4 Å². The molecule has 0 aliphatic rings. The van der Waals surface area contributed by atoms with Crippen LogP contribution in [0.5, 0.6) is 0 Å². The summed E-state index contributed by atoms with van der Waals surface area (Å²) in [6.07, 6.45) is 0. The van der Waals surface area contributed by atoms with Crippen LogP contribution in [0.15, 0.2) is 48.5 Å². The zero-order valence-electron chi connectivity index (χ0n) is 11.3. The molecule has 0 heterocycles. The third-order valence-electron chi connectivity index (χ3n) is 2.78. The molecular weight excluding hydrogens is 273 g/mol. The highest BCUT2D eigenvalue weighted by atomic mass is 19.1. The van der Waals surface area contributed by atoms with Gasteiger partial charge in [-0.15, -0.1) is 0 Å². The van der Waals surface area contributed by atoms with Gasteiger partial charge in [0.15, 0.2) is 0 Å². The number of hydrogen-bond donors (Lipinski definition) is 2. The van der Waals surface area contributed by atoms with Gasteiger partial charge < -0.3 is 11.1 Å². The maximum atomic E-state index is 13.5. The lowest BCUT2D eigenvalue weighted by molar-refractivity contribution is -0.115. The van der Waals surface area contributed by atoms with Gasteiger partial charge in [-0.3, -0.25) is 4.79 Å². The first kappa shape index (κ1) is 14.5. The molecule has 0 unspecified atom stereocenters. The molecule has 0 radical (unpaired) electrons. The molecule has 0 aliphatic heterocycles. The Morgan fingerprint density at radius 1 is 1.10 bits per heavy atom. The van der Waals surface area contributed by atoms with E-state index in [1.165, 1.54) is 37.3 Å². The summed E-state index contributed by atoms with van der Waals surface area (Å²) < 4.78 is 13.5. The van der Waals surface area contributed by atoms with Gasteiger partial charge in [0.1, 0.15) is 5.82 Å². The Labute approximate surface area is 121 Å². The molecule has 0 atom stereocenters. The van der Waals surface area contributed by atoms with Crippen LogP contribution in [-0.2, 0) is 4.79 Å². The molecule has 2 aromatic rings. The number of carbonyl (C=O) groups is 2. The van der Waals surface area contributed by atoms with Crippen molar-refractivity contribution < 1.29 is 14.0 Å². The predicted octanol–water partition coefficient (Wildman–Crippen LogP) is 2.99. The second-order valence-electron chi connectivity index (χ2n) is 4.36. The van der Waals surface area contributed by atoms with Crippen molar-refractivity contribution in [3.63, 3.8) is 0 Å². The average Bonchev–Trinajstić information content (AvgIpc) is 2.43. The molecule has 21 heavy (non-hydrogen) atoms. The number of nitrogens with zero attached hydrogens (tertiary/aromatic N) is 1. The number of nitrogen functional groups attached to an aromatic ring is 1. The first-order chi connectivity index (χ1) is 9.99. The summed E-state index contributed by atoms with van der Waals surface area (Å²) >= 11 is 0. The SMILES string of the molecule is CC(=O)N(C(=O)Nc1ccccc1F)c1ccc(N)cc1. The first-order valence-corrected chi connectivity index (χ1v) is 6.21. The number of para-hydroxylation sites is 1. The fraction of sp³-hybridized carbons (Fsp3) is 0.0667. The molecule has 0 spiro atoms. The Hall–Kier alpha value is -2.89. The van der Waals surface area contributed by atoms with Crippen LogP contribution in [-0.4, -0.2) is 11.9 Å². The number of nitrogens with two attached hydrogens (primary N) is 1. The smallest absolute Gasteiger partial charge is 0.333 e. The Bertz CT molecular complexity index is 671. The number of urea groups is 1. The van der Waals surface area contributed by atoms with Crippen LogP contribution in [0.25, 0.3) is 0 Å². The summed E-state index contributed by atoms with van der Waals surface area (Å²) in [6.45, 7) is 1.25. The molecule has 0 saturated carbocycles. The monoisotopic (exact) mass is 287 g/mol. The van der Waals surface area contributed by atoms with Crippen molar-refractivity contribution in [3.05, 3.63) is 54.3 Å². The number of carbonyl (C=O) groups excluding carboxylic acids is 2. The lowest BCUT2D eigenvalue weighted by atomic mass is 10.2. The van der Waals surface area contributed by atoms with E-state index >= 15 is 0 Å². The number of imide groups is 1. The maximum Gasteiger partial charge on any atom is 0.333 e. The minimum absolute atomic E-state index is 0.00388. The number of anilines is 3. The number of halogens is 1.